The van der Waals surface area contributed by atoms with Crippen molar-refractivity contribution < 1.29 is 17.9 Å². The summed E-state index contributed by atoms with van der Waals surface area (Å²) in [6.07, 6.45) is 0. The van der Waals surface area contributed by atoms with E-state index in [1.54, 1.807) is 0 Å². The van der Waals surface area contributed by atoms with Crippen molar-refractivity contribution in [2.45, 2.75) is 16.7 Å². The van der Waals surface area contributed by atoms with Crippen molar-refractivity contribution >= 4 is 39.2 Å². The van der Waals surface area contributed by atoms with Crippen molar-refractivity contribution in [2.75, 3.05) is 13.7 Å². The molecule has 0 aromatic heterocycles. The summed E-state index contributed by atoms with van der Waals surface area (Å²) in [5.74, 6) is -0.715. The van der Waals surface area contributed by atoms with Crippen LogP contribution in [0.4, 0.5) is 0 Å². The SMILES string of the molecule is COC(=O)[C@](C)(Cl)CNS(=O)(=O)c1ccc(Cl)cc1. The van der Waals surface area contributed by atoms with E-state index in [1.165, 1.54) is 38.3 Å². The molecule has 0 bridgehead atoms. The number of esters is 1. The lowest BCUT2D eigenvalue weighted by Crippen LogP contribution is -2.43. The summed E-state index contributed by atoms with van der Waals surface area (Å²) in [4.78, 5) is 9.90. The molecule has 0 heterocycles. The predicted molar refractivity (Wildman–Crippen MR) is 72.9 cm³/mol. The van der Waals surface area contributed by atoms with Gasteiger partial charge in [0.25, 0.3) is 0 Å². The van der Waals surface area contributed by atoms with Crippen molar-refractivity contribution in [3.8, 4) is 0 Å². The molecule has 1 aromatic carbocycles. The Morgan fingerprint density at radius 1 is 1.37 bits per heavy atom. The van der Waals surface area contributed by atoms with Gasteiger partial charge < -0.3 is 4.74 Å². The van der Waals surface area contributed by atoms with Crippen molar-refractivity contribution in [2.24, 2.45) is 0 Å². The van der Waals surface area contributed by atoms with Gasteiger partial charge in [0, 0.05) is 11.6 Å². The molecule has 0 fully saturated rings. The standard InChI is InChI=1S/C11H13Cl2NO4S/c1-11(13,10(15)18-2)7-14-19(16,17)9-5-3-8(12)4-6-9/h3-6,14H,7H2,1-2H3/t11-/m1/s1. The molecule has 0 aliphatic heterocycles. The molecule has 19 heavy (non-hydrogen) atoms. The molecule has 0 saturated carbocycles. The van der Waals surface area contributed by atoms with Crippen LogP contribution in [0.3, 0.4) is 0 Å². The number of hydrogen-bond donors (Lipinski definition) is 1. The Kier molecular flexibility index (Phi) is 5.20. The van der Waals surface area contributed by atoms with Crippen LogP contribution in [0.15, 0.2) is 29.2 Å². The van der Waals surface area contributed by atoms with Crippen LogP contribution in [-0.4, -0.2) is 32.9 Å². The van der Waals surface area contributed by atoms with Crippen LogP contribution >= 0.6 is 23.2 Å². The summed E-state index contributed by atoms with van der Waals surface area (Å²) in [7, 11) is -2.58. The van der Waals surface area contributed by atoms with Gasteiger partial charge in [0.15, 0.2) is 4.87 Å². The number of ether oxygens (including phenoxy) is 1. The van der Waals surface area contributed by atoms with E-state index >= 15 is 0 Å². The molecular weight excluding hydrogens is 313 g/mol. The van der Waals surface area contributed by atoms with E-state index in [4.69, 9.17) is 23.2 Å². The number of carbonyl (C=O) groups is 1. The molecule has 0 unspecified atom stereocenters. The first-order chi connectivity index (χ1) is 8.69. The van der Waals surface area contributed by atoms with E-state index in [0.29, 0.717) is 5.02 Å². The average molecular weight is 326 g/mol. The van der Waals surface area contributed by atoms with Gasteiger partial charge in [-0.2, -0.15) is 0 Å². The fraction of sp³-hybridized carbons (Fsp3) is 0.364. The molecule has 0 aliphatic carbocycles. The summed E-state index contributed by atoms with van der Waals surface area (Å²) < 4.78 is 30.6. The third-order valence-corrected chi connectivity index (χ3v) is 4.29. The second kappa shape index (κ2) is 6.09. The highest BCUT2D eigenvalue weighted by Crippen LogP contribution is 2.18. The Bertz CT molecular complexity index is 555. The monoisotopic (exact) mass is 325 g/mol. The van der Waals surface area contributed by atoms with Crippen LogP contribution in [0.2, 0.25) is 5.02 Å². The molecule has 8 heteroatoms. The van der Waals surface area contributed by atoms with E-state index in [-0.39, 0.29) is 11.4 Å². The smallest absolute Gasteiger partial charge is 0.327 e. The maximum absolute atomic E-state index is 11.9. The Labute approximate surface area is 121 Å². The molecular formula is C11H13Cl2NO4S. The second-order valence-corrected chi connectivity index (χ2v) is 7.01. The minimum Gasteiger partial charge on any atom is -0.468 e. The van der Waals surface area contributed by atoms with Crippen LogP contribution in [0, 0.1) is 0 Å². The molecule has 5 nitrogen and oxygen atoms in total. The lowest BCUT2D eigenvalue weighted by Gasteiger charge is -2.19. The molecule has 0 radical (unpaired) electrons. The van der Waals surface area contributed by atoms with Crippen LogP contribution < -0.4 is 4.72 Å². The van der Waals surface area contributed by atoms with Crippen molar-refractivity contribution in [1.29, 1.82) is 0 Å². The van der Waals surface area contributed by atoms with Gasteiger partial charge in [-0.15, -0.1) is 11.6 Å². The highest BCUT2D eigenvalue weighted by atomic mass is 35.5. The van der Waals surface area contributed by atoms with Gasteiger partial charge >= 0.3 is 5.97 Å². The van der Waals surface area contributed by atoms with Gasteiger partial charge in [-0.1, -0.05) is 11.6 Å². The van der Waals surface area contributed by atoms with Gasteiger partial charge in [0.1, 0.15) is 0 Å². The third-order valence-electron chi connectivity index (χ3n) is 2.33. The summed E-state index contributed by atoms with van der Waals surface area (Å²) in [5, 5.41) is 0.427. The fourth-order valence-corrected chi connectivity index (χ4v) is 2.70. The molecule has 1 atom stereocenters. The van der Waals surface area contributed by atoms with Crippen LogP contribution in [0.25, 0.3) is 0 Å². The number of alkyl halides is 1. The largest absolute Gasteiger partial charge is 0.468 e. The maximum Gasteiger partial charge on any atom is 0.327 e. The van der Waals surface area contributed by atoms with E-state index in [9.17, 15) is 13.2 Å². The topological polar surface area (TPSA) is 72.5 Å². The van der Waals surface area contributed by atoms with Crippen LogP contribution in [0.5, 0.6) is 0 Å². The highest BCUT2D eigenvalue weighted by Gasteiger charge is 2.33. The molecule has 0 spiro atoms. The summed E-state index contributed by atoms with van der Waals surface area (Å²) in [5.41, 5.74) is 0. The molecule has 0 amide bonds. The Balaban J connectivity index is 2.82. The zero-order valence-corrected chi connectivity index (χ0v) is 12.6. The Hall–Kier alpha value is -0.820. The van der Waals surface area contributed by atoms with Gasteiger partial charge in [0.05, 0.1) is 12.0 Å². The lowest BCUT2D eigenvalue weighted by molar-refractivity contribution is -0.143. The summed E-state index contributed by atoms with van der Waals surface area (Å²) in [6, 6.07) is 5.62. The quantitative estimate of drug-likeness (QED) is 0.661. The lowest BCUT2D eigenvalue weighted by atomic mass is 10.2. The zero-order chi connectivity index (χ0) is 14.7. The third kappa shape index (κ3) is 4.35. The minimum atomic E-state index is -3.75. The first-order valence-corrected chi connectivity index (χ1v) is 7.45. The highest BCUT2D eigenvalue weighted by molar-refractivity contribution is 7.89. The normalized spacial score (nSPS) is 14.7. The van der Waals surface area contributed by atoms with Crippen LogP contribution in [0.1, 0.15) is 6.92 Å². The summed E-state index contributed by atoms with van der Waals surface area (Å²) >= 11 is 11.6. The van der Waals surface area contributed by atoms with Gasteiger partial charge in [-0.25, -0.2) is 13.1 Å². The van der Waals surface area contributed by atoms with Crippen LogP contribution in [-0.2, 0) is 19.6 Å². The predicted octanol–water partition coefficient (Wildman–Crippen LogP) is 1.79. The Morgan fingerprint density at radius 2 is 1.89 bits per heavy atom. The van der Waals surface area contributed by atoms with E-state index in [1.807, 2.05) is 0 Å². The molecule has 1 rings (SSSR count). The van der Waals surface area contributed by atoms with E-state index in [2.05, 4.69) is 9.46 Å². The first kappa shape index (κ1) is 16.2. The van der Waals surface area contributed by atoms with Gasteiger partial charge in [-0.3, -0.25) is 4.79 Å². The molecule has 0 saturated heterocycles. The van der Waals surface area contributed by atoms with Crippen molar-refractivity contribution in [3.63, 3.8) is 0 Å². The van der Waals surface area contributed by atoms with Gasteiger partial charge in [0.2, 0.25) is 10.0 Å². The molecule has 106 valence electrons. The molecule has 1 aromatic rings. The number of hydrogen-bond acceptors (Lipinski definition) is 4. The van der Waals surface area contributed by atoms with Crippen molar-refractivity contribution in [3.05, 3.63) is 29.3 Å². The van der Waals surface area contributed by atoms with E-state index in [0.717, 1.165) is 0 Å². The maximum atomic E-state index is 11.9. The minimum absolute atomic E-state index is 0.0363. The zero-order valence-electron chi connectivity index (χ0n) is 10.3. The number of halogens is 2. The first-order valence-electron chi connectivity index (χ1n) is 5.21. The molecule has 0 aliphatic rings. The Morgan fingerprint density at radius 3 is 2.37 bits per heavy atom. The number of carbonyl (C=O) groups excluding carboxylic acids is 1. The number of sulfonamides is 1. The number of methoxy groups -OCH3 is 1. The van der Waals surface area contributed by atoms with E-state index < -0.39 is 20.9 Å². The van der Waals surface area contributed by atoms with Gasteiger partial charge in [-0.05, 0) is 31.2 Å². The number of benzene rings is 1. The fourth-order valence-electron chi connectivity index (χ4n) is 1.21. The second-order valence-electron chi connectivity index (χ2n) is 3.97. The number of nitrogens with one attached hydrogen (secondary N) is 1. The number of rotatable bonds is 5. The average Bonchev–Trinajstić information content (AvgIpc) is 2.36. The van der Waals surface area contributed by atoms with Crippen molar-refractivity contribution in [1.82, 2.24) is 4.72 Å². The summed E-state index contributed by atoms with van der Waals surface area (Å²) in [6.45, 7) is 1.08. The molecule has 1 N–H and O–H groups in total.